The summed E-state index contributed by atoms with van der Waals surface area (Å²) in [4.78, 5) is 2.70. The molecule has 0 aliphatic carbocycles. The number of H-pyrrole nitrogens is 1. The molecular formula is C13H8ClFN2OS. The molecule has 0 unspecified atom stereocenters. The SMILES string of the molecule is Cc1ccc(F)c(Oc2cc[nH]c(=S)c2C#N)c1Cl. The van der Waals surface area contributed by atoms with Crippen molar-refractivity contribution >= 4 is 23.8 Å². The number of hydrogen-bond acceptors (Lipinski definition) is 3. The average molecular weight is 295 g/mol. The summed E-state index contributed by atoms with van der Waals surface area (Å²) in [5.41, 5.74) is 0.812. The van der Waals surface area contributed by atoms with Crippen molar-refractivity contribution in [2.45, 2.75) is 6.92 Å². The Balaban J connectivity index is 2.55. The second-order valence-corrected chi connectivity index (χ2v) is 4.55. The first-order valence-corrected chi connectivity index (χ1v) is 6.07. The molecule has 2 rings (SSSR count). The van der Waals surface area contributed by atoms with E-state index in [-0.39, 0.29) is 26.7 Å². The number of halogens is 2. The summed E-state index contributed by atoms with van der Waals surface area (Å²) < 4.78 is 19.4. The van der Waals surface area contributed by atoms with Crippen LogP contribution in [0.1, 0.15) is 11.1 Å². The fourth-order valence-corrected chi connectivity index (χ4v) is 1.89. The Morgan fingerprint density at radius 1 is 1.42 bits per heavy atom. The molecule has 0 saturated heterocycles. The summed E-state index contributed by atoms with van der Waals surface area (Å²) >= 11 is 11.0. The van der Waals surface area contributed by atoms with Gasteiger partial charge in [-0.15, -0.1) is 0 Å². The largest absolute Gasteiger partial charge is 0.451 e. The van der Waals surface area contributed by atoms with Crippen LogP contribution in [-0.2, 0) is 0 Å². The zero-order valence-electron chi connectivity index (χ0n) is 9.83. The number of rotatable bonds is 2. The van der Waals surface area contributed by atoms with Crippen LogP contribution in [0.4, 0.5) is 4.39 Å². The number of hydrogen-bond donors (Lipinski definition) is 1. The van der Waals surface area contributed by atoms with Crippen LogP contribution in [0.15, 0.2) is 24.4 Å². The maximum absolute atomic E-state index is 13.7. The van der Waals surface area contributed by atoms with Crippen molar-refractivity contribution in [2.24, 2.45) is 0 Å². The van der Waals surface area contributed by atoms with Crippen molar-refractivity contribution in [1.82, 2.24) is 4.98 Å². The zero-order chi connectivity index (χ0) is 14.0. The number of ether oxygens (including phenoxy) is 1. The van der Waals surface area contributed by atoms with Gasteiger partial charge < -0.3 is 9.72 Å². The minimum Gasteiger partial charge on any atom is -0.451 e. The molecule has 0 aliphatic rings. The van der Waals surface area contributed by atoms with Crippen molar-refractivity contribution in [3.8, 4) is 17.6 Å². The first-order chi connectivity index (χ1) is 9.04. The maximum Gasteiger partial charge on any atom is 0.181 e. The Morgan fingerprint density at radius 3 is 2.84 bits per heavy atom. The van der Waals surface area contributed by atoms with Crippen LogP contribution in [-0.4, -0.2) is 4.98 Å². The molecule has 19 heavy (non-hydrogen) atoms. The summed E-state index contributed by atoms with van der Waals surface area (Å²) in [6, 6.07) is 6.21. The first-order valence-electron chi connectivity index (χ1n) is 5.29. The van der Waals surface area contributed by atoms with E-state index in [1.165, 1.54) is 18.3 Å². The Hall–Kier alpha value is -1.90. The van der Waals surface area contributed by atoms with Gasteiger partial charge in [0.15, 0.2) is 11.6 Å². The van der Waals surface area contributed by atoms with Gasteiger partial charge in [-0.3, -0.25) is 0 Å². The molecule has 96 valence electrons. The number of aromatic nitrogens is 1. The lowest BCUT2D eigenvalue weighted by Crippen LogP contribution is -1.95. The van der Waals surface area contributed by atoms with Gasteiger partial charge in [0.05, 0.1) is 5.02 Å². The summed E-state index contributed by atoms with van der Waals surface area (Å²) in [6.45, 7) is 1.73. The van der Waals surface area contributed by atoms with Crippen LogP contribution in [0.2, 0.25) is 5.02 Å². The van der Waals surface area contributed by atoms with Crippen molar-refractivity contribution in [2.75, 3.05) is 0 Å². The molecule has 3 nitrogen and oxygen atoms in total. The Morgan fingerprint density at radius 2 is 2.16 bits per heavy atom. The fraction of sp³-hybridized carbons (Fsp3) is 0.0769. The molecule has 1 N–H and O–H groups in total. The standard InChI is InChI=1S/C13H8ClFN2OS/c1-7-2-3-9(15)12(11(7)14)18-10-4-5-17-13(19)8(10)6-16/h2-5H,1H3,(H,17,19). The lowest BCUT2D eigenvalue weighted by molar-refractivity contribution is 0.440. The van der Waals surface area contributed by atoms with Gasteiger partial charge in [0.25, 0.3) is 0 Å². The van der Waals surface area contributed by atoms with E-state index in [1.807, 2.05) is 6.07 Å². The van der Waals surface area contributed by atoms with E-state index in [1.54, 1.807) is 13.0 Å². The van der Waals surface area contributed by atoms with E-state index in [2.05, 4.69) is 4.98 Å². The molecular weight excluding hydrogens is 287 g/mol. The normalized spacial score (nSPS) is 10.0. The van der Waals surface area contributed by atoms with Crippen LogP contribution in [0.3, 0.4) is 0 Å². The molecule has 6 heteroatoms. The highest BCUT2D eigenvalue weighted by molar-refractivity contribution is 7.71. The predicted molar refractivity (Wildman–Crippen MR) is 72.6 cm³/mol. The fourth-order valence-electron chi connectivity index (χ4n) is 1.49. The van der Waals surface area contributed by atoms with Crippen LogP contribution >= 0.6 is 23.8 Å². The highest BCUT2D eigenvalue weighted by atomic mass is 35.5. The van der Waals surface area contributed by atoms with Gasteiger partial charge in [0.1, 0.15) is 22.0 Å². The Kier molecular flexibility index (Phi) is 3.84. The van der Waals surface area contributed by atoms with Gasteiger partial charge in [0.2, 0.25) is 0 Å². The molecule has 1 aromatic heterocycles. The van der Waals surface area contributed by atoms with Gasteiger partial charge in [-0.1, -0.05) is 29.9 Å². The second-order valence-electron chi connectivity index (χ2n) is 3.77. The number of pyridine rings is 1. The van der Waals surface area contributed by atoms with E-state index in [0.717, 1.165) is 0 Å². The molecule has 0 fully saturated rings. The van der Waals surface area contributed by atoms with Crippen LogP contribution in [0, 0.1) is 28.7 Å². The lowest BCUT2D eigenvalue weighted by Gasteiger charge is -2.11. The summed E-state index contributed by atoms with van der Waals surface area (Å²) in [5, 5.41) is 9.20. The Labute approximate surface area is 119 Å². The van der Waals surface area contributed by atoms with Crippen molar-refractivity contribution < 1.29 is 9.13 Å². The van der Waals surface area contributed by atoms with Crippen LogP contribution in [0.25, 0.3) is 0 Å². The minimum atomic E-state index is -0.599. The lowest BCUT2D eigenvalue weighted by atomic mass is 10.2. The van der Waals surface area contributed by atoms with Gasteiger partial charge in [-0.05, 0) is 24.6 Å². The predicted octanol–water partition coefficient (Wildman–Crippen LogP) is 4.51. The molecule has 0 spiro atoms. The molecule has 0 bridgehead atoms. The minimum absolute atomic E-state index is 0.112. The molecule has 1 heterocycles. The van der Waals surface area contributed by atoms with Gasteiger partial charge in [-0.2, -0.15) is 5.26 Å². The molecule has 0 saturated carbocycles. The van der Waals surface area contributed by atoms with E-state index < -0.39 is 5.82 Å². The number of aromatic amines is 1. The number of nitrogens with zero attached hydrogens (tertiary/aromatic N) is 1. The third-order valence-electron chi connectivity index (χ3n) is 2.49. The molecule has 0 atom stereocenters. The smallest absolute Gasteiger partial charge is 0.181 e. The quantitative estimate of drug-likeness (QED) is 0.829. The second kappa shape index (κ2) is 5.39. The number of aryl methyl sites for hydroxylation is 1. The molecule has 0 amide bonds. The highest BCUT2D eigenvalue weighted by Gasteiger charge is 2.14. The van der Waals surface area contributed by atoms with E-state index in [0.29, 0.717) is 5.56 Å². The number of benzene rings is 1. The third kappa shape index (κ3) is 2.60. The first kappa shape index (κ1) is 13.5. The Bertz CT molecular complexity index is 736. The topological polar surface area (TPSA) is 48.8 Å². The number of nitrogens with one attached hydrogen (secondary N) is 1. The zero-order valence-corrected chi connectivity index (χ0v) is 11.4. The summed E-state index contributed by atoms with van der Waals surface area (Å²) in [6.07, 6.45) is 1.51. The summed E-state index contributed by atoms with van der Waals surface area (Å²) in [5.74, 6) is -0.547. The van der Waals surface area contributed by atoms with Crippen molar-refractivity contribution in [3.63, 3.8) is 0 Å². The van der Waals surface area contributed by atoms with Gasteiger partial charge in [-0.25, -0.2) is 4.39 Å². The van der Waals surface area contributed by atoms with Gasteiger partial charge >= 0.3 is 0 Å². The maximum atomic E-state index is 13.7. The average Bonchev–Trinajstić information content (AvgIpc) is 2.39. The molecule has 1 aromatic carbocycles. The van der Waals surface area contributed by atoms with Crippen LogP contribution in [0.5, 0.6) is 11.5 Å². The van der Waals surface area contributed by atoms with Crippen molar-refractivity contribution in [1.29, 1.82) is 5.26 Å². The third-order valence-corrected chi connectivity index (χ3v) is 3.28. The molecule has 0 radical (unpaired) electrons. The molecule has 2 aromatic rings. The van der Waals surface area contributed by atoms with E-state index in [9.17, 15) is 4.39 Å². The highest BCUT2D eigenvalue weighted by Crippen LogP contribution is 2.35. The number of nitriles is 1. The summed E-state index contributed by atoms with van der Waals surface area (Å²) in [7, 11) is 0. The van der Waals surface area contributed by atoms with E-state index in [4.69, 9.17) is 33.8 Å². The van der Waals surface area contributed by atoms with Crippen molar-refractivity contribution in [3.05, 3.63) is 51.0 Å². The monoisotopic (exact) mass is 294 g/mol. The van der Waals surface area contributed by atoms with Gasteiger partial charge in [0, 0.05) is 6.20 Å². The van der Waals surface area contributed by atoms with E-state index >= 15 is 0 Å². The molecule has 0 aliphatic heterocycles. The van der Waals surface area contributed by atoms with Crippen LogP contribution < -0.4 is 4.74 Å².